The van der Waals surface area contributed by atoms with E-state index in [-0.39, 0.29) is 6.04 Å². The summed E-state index contributed by atoms with van der Waals surface area (Å²) in [5.74, 6) is 0.699. The second-order valence-electron chi connectivity index (χ2n) is 5.26. The first-order chi connectivity index (χ1) is 9.69. The van der Waals surface area contributed by atoms with Crippen molar-refractivity contribution in [1.29, 1.82) is 0 Å². The highest BCUT2D eigenvalue weighted by atomic mass is 35.5. The lowest BCUT2D eigenvalue weighted by atomic mass is 9.86. The summed E-state index contributed by atoms with van der Waals surface area (Å²) in [6.07, 6.45) is 3.38. The van der Waals surface area contributed by atoms with E-state index in [9.17, 15) is 0 Å². The quantitative estimate of drug-likeness (QED) is 0.891. The maximum Gasteiger partial charge on any atom is 0.137 e. The Morgan fingerprint density at radius 3 is 2.65 bits per heavy atom. The molecule has 0 saturated heterocycles. The molecule has 2 aromatic carbocycles. The number of halogens is 1. The molecule has 1 unspecified atom stereocenters. The molecule has 2 aromatic rings. The standard InChI is InChI=1S/C17H18ClNO/c1-20-17-8-7-13(10-15(17)18)12-6-5-11-3-2-4-16(19)14(11)9-12/h5-10,16H,2-4,19H2,1H3. The minimum atomic E-state index is 0.160. The summed E-state index contributed by atoms with van der Waals surface area (Å²) in [5.41, 5.74) is 11.1. The van der Waals surface area contributed by atoms with Crippen LogP contribution in [0.3, 0.4) is 0 Å². The number of rotatable bonds is 2. The highest BCUT2D eigenvalue weighted by molar-refractivity contribution is 6.32. The molecule has 0 bridgehead atoms. The number of nitrogens with two attached hydrogens (primary N) is 1. The second-order valence-corrected chi connectivity index (χ2v) is 5.67. The van der Waals surface area contributed by atoms with Gasteiger partial charge in [0, 0.05) is 6.04 Å². The third-order valence-electron chi connectivity index (χ3n) is 3.99. The Hall–Kier alpha value is -1.51. The third kappa shape index (κ3) is 2.41. The van der Waals surface area contributed by atoms with Gasteiger partial charge in [0.05, 0.1) is 12.1 Å². The Morgan fingerprint density at radius 1 is 1.15 bits per heavy atom. The molecule has 104 valence electrons. The zero-order valence-electron chi connectivity index (χ0n) is 11.5. The Balaban J connectivity index is 2.02. The lowest BCUT2D eigenvalue weighted by Gasteiger charge is -2.23. The first-order valence-electron chi connectivity index (χ1n) is 6.91. The number of hydrogen-bond acceptors (Lipinski definition) is 2. The van der Waals surface area contributed by atoms with Gasteiger partial charge in [-0.2, -0.15) is 0 Å². The van der Waals surface area contributed by atoms with Gasteiger partial charge in [-0.15, -0.1) is 0 Å². The van der Waals surface area contributed by atoms with Crippen molar-refractivity contribution in [3.05, 3.63) is 52.5 Å². The summed E-state index contributed by atoms with van der Waals surface area (Å²) in [6, 6.07) is 12.6. The molecular formula is C17H18ClNO. The van der Waals surface area contributed by atoms with Gasteiger partial charge in [0.2, 0.25) is 0 Å². The van der Waals surface area contributed by atoms with Crippen LogP contribution in [0, 0.1) is 0 Å². The molecule has 20 heavy (non-hydrogen) atoms. The average molecular weight is 288 g/mol. The van der Waals surface area contributed by atoms with Crippen LogP contribution in [-0.2, 0) is 6.42 Å². The van der Waals surface area contributed by atoms with Gasteiger partial charge in [0.25, 0.3) is 0 Å². The highest BCUT2D eigenvalue weighted by Gasteiger charge is 2.17. The molecule has 2 nitrogen and oxygen atoms in total. The Labute approximate surface area is 124 Å². The van der Waals surface area contributed by atoms with Crippen LogP contribution < -0.4 is 10.5 Å². The topological polar surface area (TPSA) is 35.2 Å². The minimum absolute atomic E-state index is 0.160. The van der Waals surface area contributed by atoms with Gasteiger partial charge < -0.3 is 10.5 Å². The molecule has 0 aromatic heterocycles. The molecule has 2 N–H and O–H groups in total. The molecule has 1 aliphatic rings. The van der Waals surface area contributed by atoms with Crippen LogP contribution in [0.5, 0.6) is 5.75 Å². The summed E-state index contributed by atoms with van der Waals surface area (Å²) in [5, 5.41) is 0.631. The zero-order valence-corrected chi connectivity index (χ0v) is 12.3. The van der Waals surface area contributed by atoms with Crippen molar-refractivity contribution in [3.63, 3.8) is 0 Å². The first-order valence-corrected chi connectivity index (χ1v) is 7.29. The van der Waals surface area contributed by atoms with Crippen LogP contribution in [0.15, 0.2) is 36.4 Å². The lowest BCUT2D eigenvalue weighted by molar-refractivity contribution is 0.415. The van der Waals surface area contributed by atoms with Crippen LogP contribution in [-0.4, -0.2) is 7.11 Å². The molecule has 0 aliphatic heterocycles. The normalized spacial score (nSPS) is 17.6. The van der Waals surface area contributed by atoms with Gasteiger partial charge in [-0.25, -0.2) is 0 Å². The zero-order chi connectivity index (χ0) is 14.1. The SMILES string of the molecule is COc1ccc(-c2ccc3c(c2)C(N)CCC3)cc1Cl. The average Bonchev–Trinajstić information content (AvgIpc) is 2.47. The number of methoxy groups -OCH3 is 1. The molecule has 3 rings (SSSR count). The number of hydrogen-bond donors (Lipinski definition) is 1. The van der Waals surface area contributed by atoms with Gasteiger partial charge in [0.1, 0.15) is 5.75 Å². The van der Waals surface area contributed by atoms with Crippen LogP contribution in [0.2, 0.25) is 5.02 Å². The monoisotopic (exact) mass is 287 g/mol. The summed E-state index contributed by atoms with van der Waals surface area (Å²) in [7, 11) is 1.62. The summed E-state index contributed by atoms with van der Waals surface area (Å²) in [6.45, 7) is 0. The molecule has 0 saturated carbocycles. The molecule has 0 amide bonds. The van der Waals surface area contributed by atoms with E-state index in [1.807, 2.05) is 18.2 Å². The fourth-order valence-electron chi connectivity index (χ4n) is 2.86. The maximum atomic E-state index is 6.22. The fourth-order valence-corrected chi connectivity index (χ4v) is 3.12. The predicted molar refractivity (Wildman–Crippen MR) is 83.3 cm³/mol. The molecule has 0 fully saturated rings. The minimum Gasteiger partial charge on any atom is -0.495 e. The van der Waals surface area contributed by atoms with Crippen LogP contribution >= 0.6 is 11.6 Å². The molecule has 1 atom stereocenters. The van der Waals surface area contributed by atoms with E-state index in [0.717, 1.165) is 24.0 Å². The summed E-state index contributed by atoms with van der Waals surface area (Å²) >= 11 is 6.20. The van der Waals surface area contributed by atoms with E-state index in [1.54, 1.807) is 7.11 Å². The van der Waals surface area contributed by atoms with Gasteiger partial charge in [0.15, 0.2) is 0 Å². The van der Waals surface area contributed by atoms with Gasteiger partial charge in [-0.3, -0.25) is 0 Å². The van der Waals surface area contributed by atoms with E-state index in [1.165, 1.54) is 17.5 Å². The summed E-state index contributed by atoms with van der Waals surface area (Å²) < 4.78 is 5.19. The number of benzene rings is 2. The van der Waals surface area contributed by atoms with Crippen molar-refractivity contribution < 1.29 is 4.74 Å². The fraction of sp³-hybridized carbons (Fsp3) is 0.294. The second kappa shape index (κ2) is 5.47. The van der Waals surface area contributed by atoms with E-state index in [4.69, 9.17) is 22.1 Å². The lowest BCUT2D eigenvalue weighted by Crippen LogP contribution is -2.17. The summed E-state index contributed by atoms with van der Waals surface area (Å²) in [4.78, 5) is 0. The van der Waals surface area contributed by atoms with E-state index >= 15 is 0 Å². The van der Waals surface area contributed by atoms with Crippen LogP contribution in [0.4, 0.5) is 0 Å². The Kier molecular flexibility index (Phi) is 3.68. The van der Waals surface area contributed by atoms with Crippen molar-refractivity contribution in [3.8, 4) is 16.9 Å². The van der Waals surface area contributed by atoms with Crippen LogP contribution in [0.25, 0.3) is 11.1 Å². The third-order valence-corrected chi connectivity index (χ3v) is 4.29. The van der Waals surface area contributed by atoms with Crippen molar-refractivity contribution in [2.24, 2.45) is 5.73 Å². The van der Waals surface area contributed by atoms with Crippen LogP contribution in [0.1, 0.15) is 30.0 Å². The predicted octanol–water partition coefficient (Wildman–Crippen LogP) is 4.35. The number of aryl methyl sites for hydroxylation is 1. The molecular weight excluding hydrogens is 270 g/mol. The highest BCUT2D eigenvalue weighted by Crippen LogP contribution is 2.34. The molecule has 0 heterocycles. The van der Waals surface area contributed by atoms with Gasteiger partial charge >= 0.3 is 0 Å². The molecule has 0 radical (unpaired) electrons. The van der Waals surface area contributed by atoms with Crippen molar-refractivity contribution >= 4 is 11.6 Å². The molecule has 1 aliphatic carbocycles. The molecule has 3 heteroatoms. The van der Waals surface area contributed by atoms with E-state index < -0.39 is 0 Å². The van der Waals surface area contributed by atoms with Crippen molar-refractivity contribution in [2.45, 2.75) is 25.3 Å². The van der Waals surface area contributed by atoms with E-state index in [2.05, 4.69) is 18.2 Å². The van der Waals surface area contributed by atoms with Gasteiger partial charge in [-0.1, -0.05) is 29.8 Å². The maximum absolute atomic E-state index is 6.22. The van der Waals surface area contributed by atoms with Crippen molar-refractivity contribution in [1.82, 2.24) is 0 Å². The number of fused-ring (bicyclic) bond motifs is 1. The first kappa shape index (κ1) is 13.5. The smallest absolute Gasteiger partial charge is 0.137 e. The van der Waals surface area contributed by atoms with Gasteiger partial charge in [-0.05, 0) is 59.7 Å². The Morgan fingerprint density at radius 2 is 1.90 bits per heavy atom. The Bertz CT molecular complexity index is 639. The molecule has 0 spiro atoms. The largest absolute Gasteiger partial charge is 0.495 e. The van der Waals surface area contributed by atoms with Crippen molar-refractivity contribution in [2.75, 3.05) is 7.11 Å². The van der Waals surface area contributed by atoms with E-state index in [0.29, 0.717) is 10.8 Å². The number of ether oxygens (including phenoxy) is 1.